The Balaban J connectivity index is 1.92. The number of benzene rings is 3. The molecule has 134 valence electrons. The number of hydrogen-bond acceptors (Lipinski definition) is 2. The summed E-state index contributed by atoms with van der Waals surface area (Å²) >= 11 is 0. The average molecular weight is 353 g/mol. The van der Waals surface area contributed by atoms with Crippen LogP contribution in [0.5, 0.6) is 0 Å². The number of hydrogen-bond donors (Lipinski definition) is 0. The first-order valence-corrected chi connectivity index (χ1v) is 9.33. The molecule has 3 aromatic rings. The van der Waals surface area contributed by atoms with E-state index in [4.69, 9.17) is 0 Å². The van der Waals surface area contributed by atoms with Gasteiger partial charge < -0.3 is 4.90 Å². The van der Waals surface area contributed by atoms with Crippen molar-refractivity contribution in [1.82, 2.24) is 4.90 Å². The standard InChI is InChI=1S/C25H23NO/c1-26(2)17-21-14-13-20-15-22(18-9-5-3-6-10-18)23(16-24(20)25(21)27)19-11-7-4-8-12-19/h3-12,15-17H,13-14H2,1-2H3. The molecule has 4 rings (SSSR count). The normalized spacial score (nSPS) is 14.9. The molecule has 0 atom stereocenters. The Bertz CT molecular complexity index is 1000. The van der Waals surface area contributed by atoms with Crippen molar-refractivity contribution in [3.63, 3.8) is 0 Å². The van der Waals surface area contributed by atoms with E-state index in [2.05, 4.69) is 48.5 Å². The molecule has 2 nitrogen and oxygen atoms in total. The fraction of sp³-hybridized carbons (Fsp3) is 0.160. The zero-order valence-corrected chi connectivity index (χ0v) is 15.8. The first-order valence-electron chi connectivity index (χ1n) is 9.33. The average Bonchev–Trinajstić information content (AvgIpc) is 2.70. The predicted molar refractivity (Wildman–Crippen MR) is 112 cm³/mol. The Kier molecular flexibility index (Phi) is 4.64. The molecule has 1 aliphatic carbocycles. The molecule has 0 unspecified atom stereocenters. The van der Waals surface area contributed by atoms with Gasteiger partial charge in [0.25, 0.3) is 0 Å². The summed E-state index contributed by atoms with van der Waals surface area (Å²) in [6.07, 6.45) is 3.65. The summed E-state index contributed by atoms with van der Waals surface area (Å²) in [4.78, 5) is 15.0. The lowest BCUT2D eigenvalue weighted by molar-refractivity contribution is 0.102. The topological polar surface area (TPSA) is 20.3 Å². The van der Waals surface area contributed by atoms with Crippen molar-refractivity contribution in [2.24, 2.45) is 0 Å². The van der Waals surface area contributed by atoms with E-state index < -0.39 is 0 Å². The second-order valence-electron chi connectivity index (χ2n) is 7.23. The molecule has 0 N–H and O–H groups in total. The number of allylic oxidation sites excluding steroid dienone is 1. The largest absolute Gasteiger partial charge is 0.383 e. The molecule has 0 aliphatic heterocycles. The Morgan fingerprint density at radius 3 is 1.85 bits per heavy atom. The Morgan fingerprint density at radius 2 is 1.30 bits per heavy atom. The minimum Gasteiger partial charge on any atom is -0.383 e. The summed E-state index contributed by atoms with van der Waals surface area (Å²) in [6.45, 7) is 0. The van der Waals surface area contributed by atoms with Crippen LogP contribution in [0.2, 0.25) is 0 Å². The quantitative estimate of drug-likeness (QED) is 0.572. The highest BCUT2D eigenvalue weighted by molar-refractivity contribution is 6.12. The molecule has 0 heterocycles. The summed E-state index contributed by atoms with van der Waals surface area (Å²) in [5.41, 5.74) is 7.49. The molecule has 0 saturated heterocycles. The second-order valence-corrected chi connectivity index (χ2v) is 7.23. The van der Waals surface area contributed by atoms with Crippen LogP contribution >= 0.6 is 0 Å². The zero-order valence-electron chi connectivity index (χ0n) is 15.8. The fourth-order valence-corrected chi connectivity index (χ4v) is 3.77. The summed E-state index contributed by atoms with van der Waals surface area (Å²) in [6, 6.07) is 25.1. The molecule has 0 fully saturated rings. The minimum absolute atomic E-state index is 0.154. The van der Waals surface area contributed by atoms with E-state index in [0.29, 0.717) is 0 Å². The van der Waals surface area contributed by atoms with Gasteiger partial charge in [-0.15, -0.1) is 0 Å². The third kappa shape index (κ3) is 3.43. The van der Waals surface area contributed by atoms with Gasteiger partial charge in [0, 0.05) is 31.4 Å². The molecule has 0 saturated carbocycles. The summed E-state index contributed by atoms with van der Waals surface area (Å²) in [7, 11) is 3.92. The first kappa shape index (κ1) is 17.3. The van der Waals surface area contributed by atoms with Crippen LogP contribution in [-0.4, -0.2) is 24.8 Å². The van der Waals surface area contributed by atoms with Gasteiger partial charge in [-0.05, 0) is 52.8 Å². The van der Waals surface area contributed by atoms with Gasteiger partial charge >= 0.3 is 0 Å². The summed E-state index contributed by atoms with van der Waals surface area (Å²) < 4.78 is 0. The molecule has 1 aliphatic rings. The van der Waals surface area contributed by atoms with Gasteiger partial charge in [-0.1, -0.05) is 60.7 Å². The maximum absolute atomic E-state index is 13.1. The zero-order chi connectivity index (χ0) is 18.8. The van der Waals surface area contributed by atoms with Gasteiger partial charge in [-0.3, -0.25) is 4.79 Å². The maximum Gasteiger partial charge on any atom is 0.190 e. The second kappa shape index (κ2) is 7.24. The van der Waals surface area contributed by atoms with Crippen molar-refractivity contribution in [2.45, 2.75) is 12.8 Å². The Labute approximate surface area is 160 Å². The van der Waals surface area contributed by atoms with Crippen LogP contribution in [0.15, 0.2) is 84.6 Å². The molecule has 3 aromatic carbocycles. The highest BCUT2D eigenvalue weighted by atomic mass is 16.1. The summed E-state index contributed by atoms with van der Waals surface area (Å²) in [5, 5.41) is 0. The lowest BCUT2D eigenvalue weighted by atomic mass is 9.82. The van der Waals surface area contributed by atoms with Gasteiger partial charge in [0.1, 0.15) is 0 Å². The number of nitrogens with zero attached hydrogens (tertiary/aromatic N) is 1. The number of aryl methyl sites for hydroxylation is 1. The van der Waals surface area contributed by atoms with Crippen LogP contribution < -0.4 is 0 Å². The van der Waals surface area contributed by atoms with Crippen molar-refractivity contribution in [2.75, 3.05) is 14.1 Å². The SMILES string of the molecule is CN(C)C=C1CCc2cc(-c3ccccc3)c(-c3ccccc3)cc2C1=O. The first-order chi connectivity index (χ1) is 13.1. The smallest absolute Gasteiger partial charge is 0.190 e. The number of fused-ring (bicyclic) bond motifs is 1. The maximum atomic E-state index is 13.1. The van der Waals surface area contributed by atoms with E-state index in [1.54, 1.807) is 0 Å². The highest BCUT2D eigenvalue weighted by Gasteiger charge is 2.24. The van der Waals surface area contributed by atoms with Gasteiger partial charge in [0.05, 0.1) is 0 Å². The molecule has 0 spiro atoms. The molecule has 0 bridgehead atoms. The van der Waals surface area contributed by atoms with E-state index in [0.717, 1.165) is 40.7 Å². The molecular formula is C25H23NO. The number of Topliss-reactive ketones (excluding diaryl/α,β-unsaturated/α-hetero) is 1. The van der Waals surface area contributed by atoms with Crippen LogP contribution in [-0.2, 0) is 6.42 Å². The van der Waals surface area contributed by atoms with Gasteiger partial charge in [0.2, 0.25) is 0 Å². The van der Waals surface area contributed by atoms with E-state index in [1.165, 1.54) is 11.1 Å². The van der Waals surface area contributed by atoms with E-state index in [1.807, 2.05) is 49.5 Å². The molecule has 0 amide bonds. The van der Waals surface area contributed by atoms with E-state index in [-0.39, 0.29) is 5.78 Å². The van der Waals surface area contributed by atoms with Gasteiger partial charge in [0.15, 0.2) is 5.78 Å². The molecule has 0 aromatic heterocycles. The van der Waals surface area contributed by atoms with Crippen molar-refractivity contribution in [1.29, 1.82) is 0 Å². The molecular weight excluding hydrogens is 330 g/mol. The van der Waals surface area contributed by atoms with Crippen LogP contribution in [0.1, 0.15) is 22.3 Å². The number of carbonyl (C=O) groups excluding carboxylic acids is 1. The number of rotatable bonds is 3. The van der Waals surface area contributed by atoms with Crippen LogP contribution in [0, 0.1) is 0 Å². The number of carbonyl (C=O) groups is 1. The van der Waals surface area contributed by atoms with Crippen molar-refractivity contribution >= 4 is 5.78 Å². The molecule has 0 radical (unpaired) electrons. The lowest BCUT2D eigenvalue weighted by Crippen LogP contribution is -2.17. The van der Waals surface area contributed by atoms with Crippen LogP contribution in [0.3, 0.4) is 0 Å². The van der Waals surface area contributed by atoms with Crippen LogP contribution in [0.4, 0.5) is 0 Å². The van der Waals surface area contributed by atoms with Crippen molar-refractivity contribution in [3.05, 3.63) is 95.7 Å². The number of ketones is 1. The van der Waals surface area contributed by atoms with E-state index >= 15 is 0 Å². The summed E-state index contributed by atoms with van der Waals surface area (Å²) in [5.74, 6) is 0.154. The van der Waals surface area contributed by atoms with Crippen molar-refractivity contribution in [3.8, 4) is 22.3 Å². The highest BCUT2D eigenvalue weighted by Crippen LogP contribution is 2.37. The van der Waals surface area contributed by atoms with Crippen LogP contribution in [0.25, 0.3) is 22.3 Å². The van der Waals surface area contributed by atoms with Gasteiger partial charge in [-0.2, -0.15) is 0 Å². The van der Waals surface area contributed by atoms with Gasteiger partial charge in [-0.25, -0.2) is 0 Å². The predicted octanol–water partition coefficient (Wildman–Crippen LogP) is 5.60. The Hall–Kier alpha value is -3.13. The fourth-order valence-electron chi connectivity index (χ4n) is 3.77. The third-order valence-electron chi connectivity index (χ3n) is 5.03. The minimum atomic E-state index is 0.154. The third-order valence-corrected chi connectivity index (χ3v) is 5.03. The monoisotopic (exact) mass is 353 g/mol. The van der Waals surface area contributed by atoms with E-state index in [9.17, 15) is 4.79 Å². The van der Waals surface area contributed by atoms with Crippen molar-refractivity contribution < 1.29 is 4.79 Å². The molecule has 27 heavy (non-hydrogen) atoms. The Morgan fingerprint density at radius 1 is 0.741 bits per heavy atom. The molecule has 2 heteroatoms. The lowest BCUT2D eigenvalue weighted by Gasteiger charge is -2.22.